The molecule has 0 bridgehead atoms. The van der Waals surface area contributed by atoms with E-state index in [0.29, 0.717) is 11.8 Å². The Bertz CT molecular complexity index is 417. The van der Waals surface area contributed by atoms with E-state index < -0.39 is 0 Å². The zero-order valence-electron chi connectivity index (χ0n) is 10.1. The van der Waals surface area contributed by atoms with Crippen LogP contribution < -0.4 is 5.32 Å². The first-order valence-corrected chi connectivity index (χ1v) is 6.64. The van der Waals surface area contributed by atoms with Crippen molar-refractivity contribution >= 4 is 16.3 Å². The van der Waals surface area contributed by atoms with Crippen molar-refractivity contribution in [2.75, 3.05) is 13.6 Å². The molecule has 0 saturated carbocycles. The van der Waals surface area contributed by atoms with Crippen LogP contribution in [0, 0.1) is 11.8 Å². The van der Waals surface area contributed by atoms with E-state index in [1.165, 1.54) is 5.69 Å². The van der Waals surface area contributed by atoms with Crippen molar-refractivity contribution < 1.29 is 0 Å². The van der Waals surface area contributed by atoms with Gasteiger partial charge in [-0.05, 0) is 31.8 Å². The molecule has 2 aromatic rings. The maximum absolute atomic E-state index is 4.62. The molecule has 0 saturated heterocycles. The van der Waals surface area contributed by atoms with Crippen LogP contribution in [-0.2, 0) is 6.42 Å². The Balaban J connectivity index is 2.01. The largest absolute Gasteiger partial charge is 0.319 e. The highest BCUT2D eigenvalue weighted by atomic mass is 32.1. The summed E-state index contributed by atoms with van der Waals surface area (Å²) in [5.41, 5.74) is 1.21. The SMILES string of the molecule is CNCC(C)C(C)Cc1cn2ccsc2n1. The van der Waals surface area contributed by atoms with Crippen LogP contribution in [0.25, 0.3) is 4.96 Å². The fourth-order valence-corrected chi connectivity index (χ4v) is 2.65. The average molecular weight is 237 g/mol. The second-order valence-electron chi connectivity index (χ2n) is 4.54. The summed E-state index contributed by atoms with van der Waals surface area (Å²) >= 11 is 1.69. The van der Waals surface area contributed by atoms with Crippen LogP contribution in [-0.4, -0.2) is 23.0 Å². The lowest BCUT2D eigenvalue weighted by atomic mass is 9.92. The molecular weight excluding hydrogens is 218 g/mol. The summed E-state index contributed by atoms with van der Waals surface area (Å²) in [7, 11) is 2.01. The smallest absolute Gasteiger partial charge is 0.193 e. The third kappa shape index (κ3) is 2.44. The Morgan fingerprint density at radius 3 is 2.94 bits per heavy atom. The Kier molecular flexibility index (Phi) is 3.61. The molecule has 0 fully saturated rings. The third-order valence-corrected chi connectivity index (χ3v) is 3.94. The number of rotatable bonds is 5. The van der Waals surface area contributed by atoms with Crippen LogP contribution in [0.5, 0.6) is 0 Å². The fraction of sp³-hybridized carbons (Fsp3) is 0.583. The summed E-state index contributed by atoms with van der Waals surface area (Å²) in [5.74, 6) is 1.35. The molecule has 3 nitrogen and oxygen atoms in total. The van der Waals surface area contributed by atoms with Crippen LogP contribution in [0.15, 0.2) is 17.8 Å². The van der Waals surface area contributed by atoms with Crippen molar-refractivity contribution in [3.8, 4) is 0 Å². The highest BCUT2D eigenvalue weighted by Gasteiger charge is 2.14. The Hall–Kier alpha value is -0.870. The second kappa shape index (κ2) is 4.97. The second-order valence-corrected chi connectivity index (χ2v) is 5.41. The number of aromatic nitrogens is 2. The number of imidazole rings is 1. The average Bonchev–Trinajstić information content (AvgIpc) is 2.78. The first kappa shape index (κ1) is 11.6. The number of nitrogens with one attached hydrogen (secondary N) is 1. The molecule has 0 amide bonds. The molecule has 16 heavy (non-hydrogen) atoms. The lowest BCUT2D eigenvalue weighted by Gasteiger charge is -2.18. The van der Waals surface area contributed by atoms with Crippen molar-refractivity contribution in [2.24, 2.45) is 11.8 Å². The van der Waals surface area contributed by atoms with Gasteiger partial charge in [0.25, 0.3) is 0 Å². The molecule has 2 aromatic heterocycles. The van der Waals surface area contributed by atoms with E-state index in [0.717, 1.165) is 17.9 Å². The minimum absolute atomic E-state index is 0.664. The third-order valence-electron chi connectivity index (χ3n) is 3.17. The maximum Gasteiger partial charge on any atom is 0.193 e. The van der Waals surface area contributed by atoms with E-state index in [4.69, 9.17) is 0 Å². The summed E-state index contributed by atoms with van der Waals surface area (Å²) < 4.78 is 2.11. The zero-order chi connectivity index (χ0) is 11.5. The number of thiazole rings is 1. The standard InChI is InChI=1S/C12H19N3S/c1-9(10(2)7-13-3)6-11-8-15-4-5-16-12(15)14-11/h4-5,8-10,13H,6-7H2,1-3H3. The van der Waals surface area contributed by atoms with Gasteiger partial charge in [-0.2, -0.15) is 0 Å². The molecule has 0 spiro atoms. The predicted molar refractivity (Wildman–Crippen MR) is 69.0 cm³/mol. The van der Waals surface area contributed by atoms with Crippen LogP contribution in [0.2, 0.25) is 0 Å². The highest BCUT2D eigenvalue weighted by molar-refractivity contribution is 7.15. The van der Waals surface area contributed by atoms with Gasteiger partial charge >= 0.3 is 0 Å². The molecule has 0 aliphatic heterocycles. The topological polar surface area (TPSA) is 29.3 Å². The molecule has 2 heterocycles. The van der Waals surface area contributed by atoms with Gasteiger partial charge in [-0.15, -0.1) is 11.3 Å². The van der Waals surface area contributed by atoms with Crippen LogP contribution >= 0.6 is 11.3 Å². The molecular formula is C12H19N3S. The van der Waals surface area contributed by atoms with Crippen molar-refractivity contribution in [3.05, 3.63) is 23.5 Å². The summed E-state index contributed by atoms with van der Waals surface area (Å²) in [6.07, 6.45) is 5.28. The van der Waals surface area contributed by atoms with E-state index >= 15 is 0 Å². The molecule has 88 valence electrons. The molecule has 0 aromatic carbocycles. The van der Waals surface area contributed by atoms with Gasteiger partial charge in [-0.25, -0.2) is 4.98 Å². The van der Waals surface area contributed by atoms with Gasteiger partial charge in [0.2, 0.25) is 0 Å². The Morgan fingerprint density at radius 1 is 1.44 bits per heavy atom. The fourth-order valence-electron chi connectivity index (χ4n) is 1.93. The molecule has 0 aliphatic carbocycles. The van der Waals surface area contributed by atoms with Gasteiger partial charge in [0.15, 0.2) is 4.96 Å². The lowest BCUT2D eigenvalue weighted by Crippen LogP contribution is -2.23. The summed E-state index contributed by atoms with van der Waals surface area (Å²) in [6, 6.07) is 0. The lowest BCUT2D eigenvalue weighted by molar-refractivity contribution is 0.372. The first-order valence-electron chi connectivity index (χ1n) is 5.76. The molecule has 2 atom stereocenters. The van der Waals surface area contributed by atoms with Crippen molar-refractivity contribution in [2.45, 2.75) is 20.3 Å². The summed E-state index contributed by atoms with van der Waals surface area (Å²) in [6.45, 7) is 5.67. The molecule has 4 heteroatoms. The minimum Gasteiger partial charge on any atom is -0.319 e. The molecule has 0 aliphatic rings. The van der Waals surface area contributed by atoms with E-state index in [-0.39, 0.29) is 0 Å². The normalized spacial score (nSPS) is 15.4. The quantitative estimate of drug-likeness (QED) is 0.865. The van der Waals surface area contributed by atoms with E-state index in [9.17, 15) is 0 Å². The molecule has 0 radical (unpaired) electrons. The van der Waals surface area contributed by atoms with Crippen molar-refractivity contribution in [3.63, 3.8) is 0 Å². The van der Waals surface area contributed by atoms with Gasteiger partial charge in [-0.1, -0.05) is 13.8 Å². The first-order chi connectivity index (χ1) is 7.70. The van der Waals surface area contributed by atoms with E-state index in [1.54, 1.807) is 11.3 Å². The highest BCUT2D eigenvalue weighted by Crippen LogP contribution is 2.18. The number of hydrogen-bond donors (Lipinski definition) is 1. The van der Waals surface area contributed by atoms with Gasteiger partial charge in [0.05, 0.1) is 5.69 Å². The molecule has 1 N–H and O–H groups in total. The minimum atomic E-state index is 0.664. The van der Waals surface area contributed by atoms with Crippen LogP contribution in [0.4, 0.5) is 0 Å². The molecule has 2 rings (SSSR count). The Morgan fingerprint density at radius 2 is 2.25 bits per heavy atom. The number of nitrogens with zero attached hydrogens (tertiary/aromatic N) is 2. The van der Waals surface area contributed by atoms with Gasteiger partial charge in [0.1, 0.15) is 0 Å². The number of fused-ring (bicyclic) bond motifs is 1. The summed E-state index contributed by atoms with van der Waals surface area (Å²) in [4.78, 5) is 5.72. The Labute approximate surface area is 101 Å². The summed E-state index contributed by atoms with van der Waals surface area (Å²) in [5, 5.41) is 5.30. The van der Waals surface area contributed by atoms with E-state index in [1.807, 2.05) is 7.05 Å². The van der Waals surface area contributed by atoms with Gasteiger partial charge in [-0.3, -0.25) is 4.40 Å². The predicted octanol–water partition coefficient (Wildman–Crippen LogP) is 2.43. The van der Waals surface area contributed by atoms with Gasteiger partial charge < -0.3 is 5.32 Å². The van der Waals surface area contributed by atoms with Crippen LogP contribution in [0.1, 0.15) is 19.5 Å². The van der Waals surface area contributed by atoms with Crippen LogP contribution in [0.3, 0.4) is 0 Å². The zero-order valence-corrected chi connectivity index (χ0v) is 10.9. The number of hydrogen-bond acceptors (Lipinski definition) is 3. The monoisotopic (exact) mass is 237 g/mol. The van der Waals surface area contributed by atoms with Crippen molar-refractivity contribution in [1.29, 1.82) is 0 Å². The molecule has 2 unspecified atom stereocenters. The van der Waals surface area contributed by atoms with E-state index in [2.05, 4.69) is 46.3 Å². The maximum atomic E-state index is 4.62. The van der Waals surface area contributed by atoms with Crippen molar-refractivity contribution in [1.82, 2.24) is 14.7 Å². The van der Waals surface area contributed by atoms with Gasteiger partial charge in [0, 0.05) is 17.8 Å².